The highest BCUT2D eigenvalue weighted by atomic mass is 16.1. The van der Waals surface area contributed by atoms with Gasteiger partial charge in [0.15, 0.2) is 11.6 Å². The number of Topliss-reactive ketones (excluding diaryl/α,β-unsaturated/α-hetero) is 1. The van der Waals surface area contributed by atoms with Crippen LogP contribution in [-0.4, -0.2) is 11.6 Å². The molecule has 0 amide bonds. The molecule has 1 aliphatic carbocycles. The van der Waals surface area contributed by atoms with E-state index < -0.39 is 0 Å². The van der Waals surface area contributed by atoms with E-state index in [1.165, 1.54) is 13.0 Å². The van der Waals surface area contributed by atoms with E-state index in [0.717, 1.165) is 31.3 Å². The third-order valence-corrected chi connectivity index (χ3v) is 2.09. The molecule has 0 heterocycles. The van der Waals surface area contributed by atoms with E-state index >= 15 is 0 Å². The molecule has 0 bridgehead atoms. The van der Waals surface area contributed by atoms with Gasteiger partial charge in [-0.3, -0.25) is 9.59 Å². The predicted octanol–water partition coefficient (Wildman–Crippen LogP) is 2.04. The van der Waals surface area contributed by atoms with E-state index in [1.807, 2.05) is 0 Å². The van der Waals surface area contributed by atoms with Gasteiger partial charge in [0.25, 0.3) is 0 Å². The molecule has 1 saturated carbocycles. The van der Waals surface area contributed by atoms with Crippen LogP contribution < -0.4 is 0 Å². The van der Waals surface area contributed by atoms with Crippen LogP contribution in [0.15, 0.2) is 11.6 Å². The minimum atomic E-state index is -0.0137. The molecule has 0 atom stereocenters. The summed E-state index contributed by atoms with van der Waals surface area (Å²) in [5.41, 5.74) is 0.736. The summed E-state index contributed by atoms with van der Waals surface area (Å²) in [6.07, 6.45) is 6.05. The van der Waals surface area contributed by atoms with Crippen molar-refractivity contribution in [2.75, 3.05) is 0 Å². The number of hydrogen-bond acceptors (Lipinski definition) is 2. The molecule has 2 heteroatoms. The van der Waals surface area contributed by atoms with Gasteiger partial charge in [-0.15, -0.1) is 0 Å². The van der Waals surface area contributed by atoms with Crippen LogP contribution in [0.2, 0.25) is 0 Å². The second-order valence-corrected chi connectivity index (χ2v) is 3.26. The Morgan fingerprint density at radius 3 is 2.58 bits per heavy atom. The monoisotopic (exact) mass is 166 g/mol. The average Bonchev–Trinajstić information content (AvgIpc) is 2.16. The van der Waals surface area contributed by atoms with Crippen molar-refractivity contribution in [2.24, 2.45) is 0 Å². The zero-order valence-corrected chi connectivity index (χ0v) is 7.43. The van der Waals surface area contributed by atoms with Crippen LogP contribution in [0.25, 0.3) is 0 Å². The van der Waals surface area contributed by atoms with Crippen molar-refractivity contribution in [1.82, 2.24) is 0 Å². The van der Waals surface area contributed by atoms with Crippen LogP contribution in [-0.2, 0) is 9.59 Å². The second-order valence-electron chi connectivity index (χ2n) is 3.26. The van der Waals surface area contributed by atoms with E-state index in [9.17, 15) is 9.59 Å². The fourth-order valence-corrected chi connectivity index (χ4v) is 1.48. The fourth-order valence-electron chi connectivity index (χ4n) is 1.48. The van der Waals surface area contributed by atoms with Gasteiger partial charge in [-0.25, -0.2) is 0 Å². The number of hydrogen-bond donors (Lipinski definition) is 0. The van der Waals surface area contributed by atoms with E-state index in [-0.39, 0.29) is 11.6 Å². The number of ketones is 2. The third kappa shape index (κ3) is 2.61. The Hall–Kier alpha value is -0.920. The maximum atomic E-state index is 11.3. The van der Waals surface area contributed by atoms with Gasteiger partial charge in [-0.05, 0) is 37.8 Å². The summed E-state index contributed by atoms with van der Waals surface area (Å²) in [7, 11) is 0. The average molecular weight is 166 g/mol. The molecule has 0 aromatic carbocycles. The van der Waals surface area contributed by atoms with E-state index in [1.54, 1.807) is 0 Å². The lowest BCUT2D eigenvalue weighted by atomic mass is 10.1. The van der Waals surface area contributed by atoms with E-state index in [4.69, 9.17) is 0 Å². The molecule has 12 heavy (non-hydrogen) atoms. The SMILES string of the molecule is CC(=O)C=C1CCCCCC1=O. The van der Waals surface area contributed by atoms with Crippen LogP contribution >= 0.6 is 0 Å². The van der Waals surface area contributed by atoms with Gasteiger partial charge in [-0.1, -0.05) is 6.42 Å². The number of rotatable bonds is 1. The predicted molar refractivity (Wildman–Crippen MR) is 46.9 cm³/mol. The Labute approximate surface area is 72.7 Å². The molecule has 0 N–H and O–H groups in total. The molecule has 0 aliphatic heterocycles. The lowest BCUT2D eigenvalue weighted by Crippen LogP contribution is -2.01. The van der Waals surface area contributed by atoms with Crippen molar-refractivity contribution >= 4 is 11.6 Å². The Morgan fingerprint density at radius 1 is 1.25 bits per heavy atom. The fraction of sp³-hybridized carbons (Fsp3) is 0.600. The van der Waals surface area contributed by atoms with Gasteiger partial charge in [-0.2, -0.15) is 0 Å². The summed E-state index contributed by atoms with van der Waals surface area (Å²) in [5, 5.41) is 0. The van der Waals surface area contributed by atoms with Crippen molar-refractivity contribution < 1.29 is 9.59 Å². The first-order valence-electron chi connectivity index (χ1n) is 4.44. The first-order valence-corrected chi connectivity index (χ1v) is 4.44. The third-order valence-electron chi connectivity index (χ3n) is 2.09. The summed E-state index contributed by atoms with van der Waals surface area (Å²) in [6, 6.07) is 0. The van der Waals surface area contributed by atoms with Crippen molar-refractivity contribution in [3.8, 4) is 0 Å². The maximum Gasteiger partial charge on any atom is 0.158 e. The Bertz CT molecular complexity index is 226. The Kier molecular flexibility index (Phi) is 3.20. The van der Waals surface area contributed by atoms with E-state index in [2.05, 4.69) is 0 Å². The molecule has 66 valence electrons. The number of allylic oxidation sites excluding steroid dienone is 2. The molecule has 0 spiro atoms. The van der Waals surface area contributed by atoms with Crippen LogP contribution in [0.5, 0.6) is 0 Å². The summed E-state index contributed by atoms with van der Waals surface area (Å²) in [6.45, 7) is 1.49. The summed E-state index contributed by atoms with van der Waals surface area (Å²) < 4.78 is 0. The molecule has 0 unspecified atom stereocenters. The second kappa shape index (κ2) is 4.19. The summed E-state index contributed by atoms with van der Waals surface area (Å²) >= 11 is 0. The first-order chi connectivity index (χ1) is 5.70. The molecule has 1 aliphatic rings. The highest BCUT2D eigenvalue weighted by molar-refractivity contribution is 6.02. The lowest BCUT2D eigenvalue weighted by Gasteiger charge is -1.98. The molecule has 1 fully saturated rings. The first kappa shape index (κ1) is 9.17. The molecule has 0 aromatic rings. The number of carbonyl (C=O) groups excluding carboxylic acids is 2. The minimum Gasteiger partial charge on any atom is -0.295 e. The molecule has 0 radical (unpaired) electrons. The summed E-state index contributed by atoms with van der Waals surface area (Å²) in [5.74, 6) is 0.156. The zero-order valence-electron chi connectivity index (χ0n) is 7.43. The Morgan fingerprint density at radius 2 is 1.92 bits per heavy atom. The van der Waals surface area contributed by atoms with Crippen molar-refractivity contribution in [3.63, 3.8) is 0 Å². The molecule has 0 saturated heterocycles. The highest BCUT2D eigenvalue weighted by Crippen LogP contribution is 2.18. The lowest BCUT2D eigenvalue weighted by molar-refractivity contribution is -0.116. The number of carbonyl (C=O) groups is 2. The molecule has 0 aromatic heterocycles. The molecular weight excluding hydrogens is 152 g/mol. The Balaban J connectivity index is 2.71. The van der Waals surface area contributed by atoms with Crippen molar-refractivity contribution in [2.45, 2.75) is 39.0 Å². The maximum absolute atomic E-state index is 11.3. The zero-order chi connectivity index (χ0) is 8.97. The van der Waals surface area contributed by atoms with Crippen LogP contribution in [0.1, 0.15) is 39.0 Å². The molecule has 1 rings (SSSR count). The van der Waals surface area contributed by atoms with Crippen LogP contribution in [0.4, 0.5) is 0 Å². The van der Waals surface area contributed by atoms with Crippen LogP contribution in [0, 0.1) is 0 Å². The van der Waals surface area contributed by atoms with Gasteiger partial charge in [0.2, 0.25) is 0 Å². The smallest absolute Gasteiger partial charge is 0.158 e. The normalized spacial score (nSPS) is 22.4. The standard InChI is InChI=1S/C10H14O2/c1-8(11)7-9-5-3-2-4-6-10(9)12/h7H,2-6H2,1H3. The van der Waals surface area contributed by atoms with Gasteiger partial charge in [0.05, 0.1) is 0 Å². The molecule has 2 nitrogen and oxygen atoms in total. The van der Waals surface area contributed by atoms with Crippen molar-refractivity contribution in [1.29, 1.82) is 0 Å². The van der Waals surface area contributed by atoms with Gasteiger partial charge in [0.1, 0.15) is 0 Å². The van der Waals surface area contributed by atoms with Crippen LogP contribution in [0.3, 0.4) is 0 Å². The van der Waals surface area contributed by atoms with Crippen molar-refractivity contribution in [3.05, 3.63) is 11.6 Å². The minimum absolute atomic E-state index is 0.0137. The summed E-state index contributed by atoms with van der Waals surface area (Å²) in [4.78, 5) is 22.1. The highest BCUT2D eigenvalue weighted by Gasteiger charge is 2.13. The van der Waals surface area contributed by atoms with Gasteiger partial charge in [0, 0.05) is 6.42 Å². The van der Waals surface area contributed by atoms with E-state index in [0.29, 0.717) is 6.42 Å². The van der Waals surface area contributed by atoms with Gasteiger partial charge >= 0.3 is 0 Å². The largest absolute Gasteiger partial charge is 0.295 e. The van der Waals surface area contributed by atoms with Gasteiger partial charge < -0.3 is 0 Å². The quantitative estimate of drug-likeness (QED) is 0.441. The molecular formula is C10H14O2. The topological polar surface area (TPSA) is 34.1 Å².